The fraction of sp³-hybridized carbons (Fsp3) is 0.167. The summed E-state index contributed by atoms with van der Waals surface area (Å²) in [6, 6.07) is 1.32. The van der Waals surface area contributed by atoms with Gasteiger partial charge in [0.15, 0.2) is 11.5 Å². The highest BCUT2D eigenvalue weighted by molar-refractivity contribution is 6.16. The third kappa shape index (κ3) is 1.30. The van der Waals surface area contributed by atoms with Crippen molar-refractivity contribution in [2.24, 2.45) is 0 Å². The Labute approximate surface area is 62.9 Å². The molecule has 1 rings (SSSR count). The summed E-state index contributed by atoms with van der Waals surface area (Å²) < 4.78 is 0. The molecule has 0 spiro atoms. The van der Waals surface area contributed by atoms with Crippen LogP contribution in [-0.2, 0) is 5.88 Å². The third-order valence-corrected chi connectivity index (χ3v) is 1.33. The number of hydrogen-bond acceptors (Lipinski definition) is 3. The molecule has 0 saturated carbocycles. The van der Waals surface area contributed by atoms with Crippen LogP contribution < -0.4 is 0 Å². The predicted molar refractivity (Wildman–Crippen MR) is 37.1 cm³/mol. The second-order valence-electron chi connectivity index (χ2n) is 1.80. The van der Waals surface area contributed by atoms with E-state index in [0.29, 0.717) is 5.69 Å². The van der Waals surface area contributed by atoms with Crippen molar-refractivity contribution in [2.45, 2.75) is 5.88 Å². The van der Waals surface area contributed by atoms with Gasteiger partial charge in [0.2, 0.25) is 0 Å². The van der Waals surface area contributed by atoms with Crippen molar-refractivity contribution >= 4 is 11.6 Å². The molecule has 54 valence electrons. The summed E-state index contributed by atoms with van der Waals surface area (Å²) in [5, 5.41) is 17.7. The number of pyridine rings is 1. The molecule has 4 heteroatoms. The Balaban J connectivity index is 3.04. The van der Waals surface area contributed by atoms with Gasteiger partial charge in [-0.2, -0.15) is 0 Å². The molecule has 0 fully saturated rings. The topological polar surface area (TPSA) is 53.4 Å². The number of nitrogens with zero attached hydrogens (tertiary/aromatic N) is 1. The van der Waals surface area contributed by atoms with Crippen LogP contribution in [0.4, 0.5) is 0 Å². The highest BCUT2D eigenvalue weighted by Crippen LogP contribution is 2.23. The average Bonchev–Trinajstić information content (AvgIpc) is 1.95. The van der Waals surface area contributed by atoms with E-state index in [0.717, 1.165) is 6.20 Å². The number of aromatic nitrogens is 1. The lowest BCUT2D eigenvalue weighted by atomic mass is 10.3. The van der Waals surface area contributed by atoms with E-state index in [2.05, 4.69) is 4.98 Å². The SMILES string of the molecule is Oc1cnc(CCl)cc1O. The van der Waals surface area contributed by atoms with Crippen LogP contribution in [0.3, 0.4) is 0 Å². The van der Waals surface area contributed by atoms with E-state index >= 15 is 0 Å². The van der Waals surface area contributed by atoms with Crippen molar-refractivity contribution in [3.63, 3.8) is 0 Å². The molecule has 0 radical (unpaired) electrons. The Bertz CT molecular complexity index is 239. The number of alkyl halides is 1. The molecule has 1 heterocycles. The molecular formula is C6H6ClNO2. The predicted octanol–water partition coefficient (Wildman–Crippen LogP) is 1.23. The average molecular weight is 160 g/mol. The maximum Gasteiger partial charge on any atom is 0.176 e. The minimum absolute atomic E-state index is 0.189. The quantitative estimate of drug-likeness (QED) is 0.606. The number of halogens is 1. The minimum Gasteiger partial charge on any atom is -0.504 e. The van der Waals surface area contributed by atoms with Crippen molar-refractivity contribution in [3.05, 3.63) is 18.0 Å². The van der Waals surface area contributed by atoms with Crippen molar-refractivity contribution in [1.29, 1.82) is 0 Å². The van der Waals surface area contributed by atoms with E-state index in [1.54, 1.807) is 0 Å². The van der Waals surface area contributed by atoms with Gasteiger partial charge in [0.05, 0.1) is 17.8 Å². The summed E-state index contributed by atoms with van der Waals surface area (Å²) in [5.74, 6) is -0.187. The number of rotatable bonds is 1. The molecule has 0 saturated heterocycles. The van der Waals surface area contributed by atoms with Crippen molar-refractivity contribution in [3.8, 4) is 11.5 Å². The molecule has 0 amide bonds. The Morgan fingerprint density at radius 2 is 2.10 bits per heavy atom. The maximum absolute atomic E-state index is 8.88. The lowest BCUT2D eigenvalue weighted by molar-refractivity contribution is 0.401. The molecular weight excluding hydrogens is 154 g/mol. The van der Waals surface area contributed by atoms with Gasteiger partial charge in [-0.05, 0) is 0 Å². The van der Waals surface area contributed by atoms with E-state index in [1.165, 1.54) is 6.07 Å². The second kappa shape index (κ2) is 2.75. The molecule has 10 heavy (non-hydrogen) atoms. The number of aromatic hydroxyl groups is 2. The Morgan fingerprint density at radius 1 is 1.40 bits per heavy atom. The summed E-state index contributed by atoms with van der Waals surface area (Å²) in [6.45, 7) is 0. The smallest absolute Gasteiger partial charge is 0.176 e. The van der Waals surface area contributed by atoms with Crippen molar-refractivity contribution in [1.82, 2.24) is 4.98 Å². The highest BCUT2D eigenvalue weighted by Gasteiger charge is 1.99. The standard InChI is InChI=1S/C6H6ClNO2/c7-2-4-1-5(9)6(10)3-8-4/h1,3,10H,2H2,(H,8,9). The van der Waals surface area contributed by atoms with Gasteiger partial charge in [0, 0.05) is 6.07 Å². The van der Waals surface area contributed by atoms with Gasteiger partial charge in [-0.25, -0.2) is 0 Å². The zero-order valence-electron chi connectivity index (χ0n) is 5.08. The van der Waals surface area contributed by atoms with Crippen LogP contribution >= 0.6 is 11.6 Å². The van der Waals surface area contributed by atoms with Crippen LogP contribution in [0.25, 0.3) is 0 Å². The molecule has 0 aliphatic carbocycles. The van der Waals surface area contributed by atoms with Gasteiger partial charge in [0.1, 0.15) is 0 Å². The first-order valence-corrected chi connectivity index (χ1v) is 3.20. The highest BCUT2D eigenvalue weighted by atomic mass is 35.5. The van der Waals surface area contributed by atoms with Crippen LogP contribution in [-0.4, -0.2) is 15.2 Å². The molecule has 0 aliphatic rings. The maximum atomic E-state index is 8.88. The molecule has 3 nitrogen and oxygen atoms in total. The number of hydrogen-bond donors (Lipinski definition) is 2. The van der Waals surface area contributed by atoms with E-state index < -0.39 is 0 Å². The van der Waals surface area contributed by atoms with Crippen LogP contribution in [0.1, 0.15) is 5.69 Å². The first kappa shape index (κ1) is 7.15. The third-order valence-electron chi connectivity index (χ3n) is 1.06. The first-order valence-electron chi connectivity index (χ1n) is 2.67. The summed E-state index contributed by atoms with van der Waals surface area (Å²) in [4.78, 5) is 3.72. The fourth-order valence-electron chi connectivity index (χ4n) is 0.552. The molecule has 0 aliphatic heterocycles. The molecule has 0 unspecified atom stereocenters. The van der Waals surface area contributed by atoms with E-state index in [1.807, 2.05) is 0 Å². The Morgan fingerprint density at radius 3 is 2.60 bits per heavy atom. The van der Waals surface area contributed by atoms with Gasteiger partial charge < -0.3 is 10.2 Å². The largest absolute Gasteiger partial charge is 0.504 e. The van der Waals surface area contributed by atoms with Crippen LogP contribution in [0.5, 0.6) is 11.5 Å². The lowest BCUT2D eigenvalue weighted by Gasteiger charge is -1.97. The Hall–Kier alpha value is -0.960. The van der Waals surface area contributed by atoms with E-state index in [4.69, 9.17) is 21.8 Å². The van der Waals surface area contributed by atoms with Crippen LogP contribution in [0.15, 0.2) is 12.3 Å². The van der Waals surface area contributed by atoms with Gasteiger partial charge in [-0.1, -0.05) is 0 Å². The molecule has 0 aromatic carbocycles. The van der Waals surface area contributed by atoms with Crippen LogP contribution in [0.2, 0.25) is 0 Å². The fourth-order valence-corrected chi connectivity index (χ4v) is 0.698. The molecule has 2 N–H and O–H groups in total. The van der Waals surface area contributed by atoms with E-state index in [-0.39, 0.29) is 17.4 Å². The monoisotopic (exact) mass is 159 g/mol. The van der Waals surface area contributed by atoms with E-state index in [9.17, 15) is 0 Å². The summed E-state index contributed by atoms with van der Waals surface area (Å²) in [7, 11) is 0. The first-order chi connectivity index (χ1) is 4.74. The molecule has 0 atom stereocenters. The van der Waals surface area contributed by atoms with Gasteiger partial charge >= 0.3 is 0 Å². The lowest BCUT2D eigenvalue weighted by Crippen LogP contribution is -1.82. The normalized spacial score (nSPS) is 9.70. The van der Waals surface area contributed by atoms with Crippen LogP contribution in [0, 0.1) is 0 Å². The Kier molecular flexibility index (Phi) is 1.97. The van der Waals surface area contributed by atoms with Crippen molar-refractivity contribution in [2.75, 3.05) is 0 Å². The zero-order valence-corrected chi connectivity index (χ0v) is 5.84. The zero-order chi connectivity index (χ0) is 7.56. The minimum atomic E-state index is -0.228. The summed E-state index contributed by atoms with van der Waals surface area (Å²) >= 11 is 5.40. The van der Waals surface area contributed by atoms with Crippen molar-refractivity contribution < 1.29 is 10.2 Å². The molecule has 1 aromatic rings. The summed E-state index contributed by atoms with van der Waals surface area (Å²) in [5.41, 5.74) is 0.539. The molecule has 0 bridgehead atoms. The van der Waals surface area contributed by atoms with Gasteiger partial charge in [-0.3, -0.25) is 4.98 Å². The molecule has 1 aromatic heterocycles. The second-order valence-corrected chi connectivity index (χ2v) is 2.07. The van der Waals surface area contributed by atoms with Gasteiger partial charge in [0.25, 0.3) is 0 Å². The van der Waals surface area contributed by atoms with Gasteiger partial charge in [-0.15, -0.1) is 11.6 Å². The summed E-state index contributed by atoms with van der Waals surface area (Å²) in [6.07, 6.45) is 1.16.